The maximum absolute atomic E-state index is 13.3. The molecule has 0 saturated carbocycles. The van der Waals surface area contributed by atoms with Crippen molar-refractivity contribution in [3.63, 3.8) is 0 Å². The number of phosphoric acid groups is 1. The molecule has 13 heteroatoms. The number of hydrogen-bond donors (Lipinski definition) is 2. The zero-order valence-corrected chi connectivity index (χ0v) is 17.5. The number of hydrogen-bond acceptors (Lipinski definition) is 8. The van der Waals surface area contributed by atoms with Crippen LogP contribution in [0.15, 0.2) is 29.2 Å². The maximum atomic E-state index is 13.3. The van der Waals surface area contributed by atoms with Gasteiger partial charge in [-0.3, -0.25) is 23.4 Å². The lowest BCUT2D eigenvalue weighted by atomic mass is 9.88. The van der Waals surface area contributed by atoms with Gasteiger partial charge in [0.1, 0.15) is 23.9 Å². The lowest BCUT2D eigenvalue weighted by Crippen LogP contribution is -2.45. The lowest BCUT2D eigenvalue weighted by Gasteiger charge is -2.34. The van der Waals surface area contributed by atoms with Gasteiger partial charge in [-0.05, 0) is 50.2 Å². The molecule has 1 aromatic heterocycles. The minimum Gasteiger partial charge on any atom is -0.404 e. The molecule has 2 radical (unpaired) electrons. The number of nitrogens with one attached hydrogen (secondary N) is 1. The molecule has 1 fully saturated rings. The Morgan fingerprint density at radius 1 is 1.47 bits per heavy atom. The van der Waals surface area contributed by atoms with Gasteiger partial charge in [-0.25, -0.2) is 8.96 Å². The Bertz CT molecular complexity index is 1150. The monoisotopic (exact) mass is 454 g/mol. The molecule has 2 aliphatic rings. The molecule has 2 aromatic rings. The summed E-state index contributed by atoms with van der Waals surface area (Å²) in [5.41, 5.74) is -2.06. The van der Waals surface area contributed by atoms with Crippen LogP contribution in [0.25, 0.3) is 0 Å². The molecular weight excluding hydrogens is 437 g/mol. The number of aryl methyl sites for hydroxylation is 1. The third-order valence-electron chi connectivity index (χ3n) is 4.78. The van der Waals surface area contributed by atoms with E-state index in [9.17, 15) is 18.9 Å². The lowest BCUT2D eigenvalue weighted by molar-refractivity contribution is -0.176. The van der Waals surface area contributed by atoms with E-state index in [0.717, 1.165) is 6.07 Å². The highest BCUT2D eigenvalue weighted by molar-refractivity contribution is 7.71. The molecule has 2 aliphatic heterocycles. The zero-order valence-electron chi connectivity index (χ0n) is 15.7. The summed E-state index contributed by atoms with van der Waals surface area (Å²) in [5, 5.41) is 10.6. The van der Waals surface area contributed by atoms with Crippen LogP contribution in [0.5, 0.6) is 5.75 Å². The number of rotatable bonds is 4. The predicted octanol–water partition coefficient (Wildman–Crippen LogP) is 2.58. The molecule has 0 spiro atoms. The van der Waals surface area contributed by atoms with Gasteiger partial charge in [0, 0.05) is 17.3 Å². The van der Waals surface area contributed by atoms with E-state index < -0.39 is 31.7 Å². The fourth-order valence-electron chi connectivity index (χ4n) is 3.26. The number of aromatic amines is 1. The maximum Gasteiger partial charge on any atom is 0.532 e. The summed E-state index contributed by atoms with van der Waals surface area (Å²) in [7, 11) is 1.53. The fourth-order valence-corrected chi connectivity index (χ4v) is 4.85. The number of nitrogens with zero attached hydrogens (tertiary/aromatic N) is 1. The highest BCUT2D eigenvalue weighted by Gasteiger charge is 2.48. The first-order chi connectivity index (χ1) is 14.1. The standard InChI is InChI=1S/C17H17BFN2O7PS/c1-9-7-21(16(30)20-15(9)22)14-5-4-13(26-14)17(18,23)28-29(24)25-8-10-6-11(19)2-3-12(10)27-29/h2-3,6-7,13-14,23H,4-5,8H2,1H3,(H,20,22,30). The van der Waals surface area contributed by atoms with Crippen LogP contribution in [0.3, 0.4) is 0 Å². The number of aromatic nitrogens is 2. The first kappa shape index (κ1) is 21.4. The Morgan fingerprint density at radius 2 is 2.23 bits per heavy atom. The van der Waals surface area contributed by atoms with E-state index in [1.807, 2.05) is 0 Å². The Morgan fingerprint density at radius 3 is 3.00 bits per heavy atom. The molecule has 9 nitrogen and oxygen atoms in total. The number of phosphoric ester groups is 1. The molecule has 0 bridgehead atoms. The van der Waals surface area contributed by atoms with Crippen molar-refractivity contribution in [3.8, 4) is 5.75 Å². The minimum atomic E-state index is -4.30. The van der Waals surface area contributed by atoms with Crippen molar-refractivity contribution in [2.45, 2.75) is 44.4 Å². The van der Waals surface area contributed by atoms with Crippen LogP contribution in [0.4, 0.5) is 4.39 Å². The van der Waals surface area contributed by atoms with E-state index in [1.54, 1.807) is 6.92 Å². The molecule has 0 aliphatic carbocycles. The van der Waals surface area contributed by atoms with Gasteiger partial charge in [0.25, 0.3) is 5.56 Å². The van der Waals surface area contributed by atoms with Crippen LogP contribution < -0.4 is 10.1 Å². The molecule has 4 atom stereocenters. The van der Waals surface area contributed by atoms with Gasteiger partial charge in [0.05, 0.1) is 6.61 Å². The van der Waals surface area contributed by atoms with Crippen molar-refractivity contribution >= 4 is 27.9 Å². The van der Waals surface area contributed by atoms with E-state index in [1.165, 1.54) is 22.9 Å². The van der Waals surface area contributed by atoms with E-state index >= 15 is 0 Å². The summed E-state index contributed by atoms with van der Waals surface area (Å²) in [4.78, 5) is 14.2. The molecular formula is C17H17BFN2O7PS. The van der Waals surface area contributed by atoms with Crippen molar-refractivity contribution in [2.75, 3.05) is 0 Å². The molecule has 30 heavy (non-hydrogen) atoms. The van der Waals surface area contributed by atoms with Crippen LogP contribution >= 0.6 is 20.0 Å². The van der Waals surface area contributed by atoms with Crippen LogP contribution in [0.1, 0.15) is 30.2 Å². The van der Waals surface area contributed by atoms with Gasteiger partial charge < -0.3 is 14.4 Å². The van der Waals surface area contributed by atoms with Crippen molar-refractivity contribution in [1.29, 1.82) is 0 Å². The second kappa shape index (κ2) is 7.70. The first-order valence-corrected chi connectivity index (χ1v) is 10.9. The third-order valence-corrected chi connectivity index (χ3v) is 6.48. The predicted molar refractivity (Wildman–Crippen MR) is 105 cm³/mol. The Labute approximate surface area is 176 Å². The van der Waals surface area contributed by atoms with Crippen LogP contribution in [-0.4, -0.2) is 34.3 Å². The largest absolute Gasteiger partial charge is 0.532 e. The fraction of sp³-hybridized carbons (Fsp3) is 0.412. The summed E-state index contributed by atoms with van der Waals surface area (Å²) in [5.74, 6) is -0.405. The number of aliphatic hydroxyl groups is 1. The smallest absolute Gasteiger partial charge is 0.404 e. The first-order valence-electron chi connectivity index (χ1n) is 8.98. The van der Waals surface area contributed by atoms with Gasteiger partial charge in [0.2, 0.25) is 0 Å². The van der Waals surface area contributed by atoms with Gasteiger partial charge in [-0.1, -0.05) is 0 Å². The molecule has 2 N–H and O–H groups in total. The molecule has 4 unspecified atom stereocenters. The SMILES string of the molecule is [B]C(O)(OP1(=O)OCc2cc(F)ccc2O1)C1CCC(n2cc(C)c(=O)[nH]c2=S)O1. The highest BCUT2D eigenvalue weighted by Crippen LogP contribution is 2.57. The number of fused-ring (bicyclic) bond motifs is 1. The van der Waals surface area contributed by atoms with E-state index in [0.29, 0.717) is 17.5 Å². The van der Waals surface area contributed by atoms with Gasteiger partial charge in [-0.2, -0.15) is 0 Å². The van der Waals surface area contributed by atoms with Crippen molar-refractivity contribution in [1.82, 2.24) is 9.55 Å². The van der Waals surface area contributed by atoms with Gasteiger partial charge >= 0.3 is 7.82 Å². The molecule has 1 aromatic carbocycles. The Kier molecular flexibility index (Phi) is 5.50. The number of ether oxygens (including phenoxy) is 1. The average molecular weight is 454 g/mol. The Balaban J connectivity index is 1.49. The van der Waals surface area contributed by atoms with E-state index in [-0.39, 0.29) is 29.1 Å². The van der Waals surface area contributed by atoms with Crippen molar-refractivity contribution in [3.05, 3.63) is 56.5 Å². The van der Waals surface area contributed by atoms with Gasteiger partial charge in [0.15, 0.2) is 18.3 Å². The Hall–Kier alpha value is -1.82. The summed E-state index contributed by atoms with van der Waals surface area (Å²) in [6, 6.07) is 3.58. The molecule has 4 rings (SSSR count). The summed E-state index contributed by atoms with van der Waals surface area (Å²) >= 11 is 5.15. The van der Waals surface area contributed by atoms with E-state index in [2.05, 4.69) is 4.98 Å². The summed E-state index contributed by atoms with van der Waals surface area (Å²) in [6.45, 7) is 1.37. The summed E-state index contributed by atoms with van der Waals surface area (Å²) in [6.07, 6.45) is 0.440. The van der Waals surface area contributed by atoms with Crippen LogP contribution in [0, 0.1) is 17.5 Å². The van der Waals surface area contributed by atoms with Crippen LogP contribution in [-0.2, 0) is 25.0 Å². The number of benzene rings is 1. The second-order valence-corrected chi connectivity index (χ2v) is 8.95. The quantitative estimate of drug-likeness (QED) is 0.314. The minimum absolute atomic E-state index is 0.0991. The van der Waals surface area contributed by atoms with Crippen molar-refractivity contribution in [2.24, 2.45) is 0 Å². The van der Waals surface area contributed by atoms with Crippen molar-refractivity contribution < 1.29 is 32.4 Å². The molecule has 0 amide bonds. The second-order valence-electron chi connectivity index (χ2n) is 7.04. The number of H-pyrrole nitrogens is 1. The zero-order chi connectivity index (χ0) is 21.7. The highest BCUT2D eigenvalue weighted by atomic mass is 32.1. The summed E-state index contributed by atoms with van der Waals surface area (Å²) < 4.78 is 49.0. The van der Waals surface area contributed by atoms with Gasteiger partial charge in [-0.15, -0.1) is 0 Å². The third kappa shape index (κ3) is 4.16. The number of halogens is 1. The molecule has 1 saturated heterocycles. The van der Waals surface area contributed by atoms with Crippen LogP contribution in [0.2, 0.25) is 0 Å². The molecule has 158 valence electrons. The normalized spacial score (nSPS) is 27.8. The average Bonchev–Trinajstić information content (AvgIpc) is 3.15. The molecule has 3 heterocycles. The van der Waals surface area contributed by atoms with E-state index in [4.69, 9.17) is 38.4 Å². The topological polar surface area (TPSA) is 112 Å².